The van der Waals surface area contributed by atoms with Gasteiger partial charge in [-0.3, -0.25) is 4.79 Å². The second-order valence-electron chi connectivity index (χ2n) is 3.65. The Morgan fingerprint density at radius 3 is 3.06 bits per heavy atom. The fourth-order valence-corrected chi connectivity index (χ4v) is 2.06. The van der Waals surface area contributed by atoms with Crippen LogP contribution in [0.1, 0.15) is 0 Å². The molecule has 0 unspecified atom stereocenters. The fourth-order valence-electron chi connectivity index (χ4n) is 1.71. The molecule has 3 aromatic rings. The van der Waals surface area contributed by atoms with Crippen molar-refractivity contribution in [3.63, 3.8) is 0 Å². The quantitative estimate of drug-likeness (QED) is 0.748. The maximum atomic E-state index is 11.7. The average molecular weight is 290 g/mol. The maximum Gasteiger partial charge on any atom is 0.257 e. The summed E-state index contributed by atoms with van der Waals surface area (Å²) in [6.45, 7) is 0. The van der Waals surface area contributed by atoms with E-state index in [1.165, 1.54) is 0 Å². The highest BCUT2D eigenvalue weighted by molar-refractivity contribution is 9.10. The molecule has 3 heterocycles. The molecule has 0 saturated carbocycles. The van der Waals surface area contributed by atoms with E-state index in [1.807, 2.05) is 35.0 Å². The Hall–Kier alpha value is -1.88. The lowest BCUT2D eigenvalue weighted by atomic mass is 10.2. The Labute approximate surface area is 105 Å². The van der Waals surface area contributed by atoms with Crippen LogP contribution in [0.15, 0.2) is 52.1 Å². The average Bonchev–Trinajstić information content (AvgIpc) is 2.75. The highest BCUT2D eigenvalue weighted by Gasteiger charge is 2.08. The standard InChI is InChI=1S/C12H8BrN3O/c13-8-5-9(12(17)14-6-8)10-7-16-4-2-1-3-11(16)15-10/h1-7H,(H,14,17). The van der Waals surface area contributed by atoms with Gasteiger partial charge in [-0.25, -0.2) is 4.98 Å². The molecule has 3 rings (SSSR count). The molecule has 0 radical (unpaired) electrons. The number of nitrogens with one attached hydrogen (secondary N) is 1. The third-order valence-corrected chi connectivity index (χ3v) is 2.97. The topological polar surface area (TPSA) is 50.2 Å². The van der Waals surface area contributed by atoms with Crippen LogP contribution in [-0.4, -0.2) is 14.4 Å². The van der Waals surface area contributed by atoms with Gasteiger partial charge in [-0.2, -0.15) is 0 Å². The van der Waals surface area contributed by atoms with Gasteiger partial charge in [0, 0.05) is 23.1 Å². The first kappa shape index (κ1) is 10.3. The number of H-pyrrole nitrogens is 1. The number of nitrogens with zero attached hydrogens (tertiary/aromatic N) is 2. The van der Waals surface area contributed by atoms with Gasteiger partial charge in [0.15, 0.2) is 0 Å². The molecule has 84 valence electrons. The van der Waals surface area contributed by atoms with Gasteiger partial charge in [0.25, 0.3) is 5.56 Å². The summed E-state index contributed by atoms with van der Waals surface area (Å²) in [6.07, 6.45) is 5.35. The van der Waals surface area contributed by atoms with Gasteiger partial charge in [-0.05, 0) is 34.1 Å². The van der Waals surface area contributed by atoms with Crippen LogP contribution in [-0.2, 0) is 0 Å². The van der Waals surface area contributed by atoms with Crippen molar-refractivity contribution in [3.8, 4) is 11.3 Å². The summed E-state index contributed by atoms with van der Waals surface area (Å²) in [5.41, 5.74) is 1.90. The van der Waals surface area contributed by atoms with Crippen LogP contribution in [0.5, 0.6) is 0 Å². The molecule has 0 bridgehead atoms. The number of aromatic amines is 1. The van der Waals surface area contributed by atoms with Gasteiger partial charge in [0.2, 0.25) is 0 Å². The van der Waals surface area contributed by atoms with E-state index in [1.54, 1.807) is 12.3 Å². The van der Waals surface area contributed by atoms with Crippen LogP contribution in [0.4, 0.5) is 0 Å². The molecule has 5 heteroatoms. The molecule has 17 heavy (non-hydrogen) atoms. The summed E-state index contributed by atoms with van der Waals surface area (Å²) in [6, 6.07) is 7.50. The maximum absolute atomic E-state index is 11.7. The van der Waals surface area contributed by atoms with E-state index in [0.717, 1.165) is 10.1 Å². The van der Waals surface area contributed by atoms with Crippen molar-refractivity contribution in [1.29, 1.82) is 0 Å². The summed E-state index contributed by atoms with van der Waals surface area (Å²) >= 11 is 3.33. The van der Waals surface area contributed by atoms with Crippen molar-refractivity contribution in [2.75, 3.05) is 0 Å². The number of fused-ring (bicyclic) bond motifs is 1. The van der Waals surface area contributed by atoms with Crippen molar-refractivity contribution in [1.82, 2.24) is 14.4 Å². The molecular formula is C12H8BrN3O. The lowest BCUT2D eigenvalue weighted by Crippen LogP contribution is -2.07. The minimum absolute atomic E-state index is 0.142. The number of rotatable bonds is 1. The lowest BCUT2D eigenvalue weighted by Gasteiger charge is -1.95. The van der Waals surface area contributed by atoms with Gasteiger partial charge in [0.05, 0.1) is 11.3 Å². The van der Waals surface area contributed by atoms with E-state index in [-0.39, 0.29) is 5.56 Å². The van der Waals surface area contributed by atoms with Crippen molar-refractivity contribution in [2.24, 2.45) is 0 Å². The largest absolute Gasteiger partial charge is 0.327 e. The molecule has 1 N–H and O–H groups in total. The predicted octanol–water partition coefficient (Wildman–Crippen LogP) is 2.45. The lowest BCUT2D eigenvalue weighted by molar-refractivity contribution is 1.19. The molecule has 0 spiro atoms. The van der Waals surface area contributed by atoms with E-state index < -0.39 is 0 Å². The molecule has 3 aromatic heterocycles. The van der Waals surface area contributed by atoms with Gasteiger partial charge < -0.3 is 9.38 Å². The Kier molecular flexibility index (Phi) is 2.33. The van der Waals surface area contributed by atoms with Gasteiger partial charge in [-0.15, -0.1) is 0 Å². The first-order chi connectivity index (χ1) is 8.24. The van der Waals surface area contributed by atoms with E-state index in [2.05, 4.69) is 25.9 Å². The van der Waals surface area contributed by atoms with Crippen LogP contribution in [0.3, 0.4) is 0 Å². The number of aromatic nitrogens is 3. The third-order valence-electron chi connectivity index (χ3n) is 2.51. The molecular weight excluding hydrogens is 282 g/mol. The first-order valence-electron chi connectivity index (χ1n) is 5.06. The predicted molar refractivity (Wildman–Crippen MR) is 68.9 cm³/mol. The smallest absolute Gasteiger partial charge is 0.257 e. The zero-order valence-corrected chi connectivity index (χ0v) is 10.3. The normalized spacial score (nSPS) is 10.9. The Morgan fingerprint density at radius 2 is 2.24 bits per heavy atom. The van der Waals surface area contributed by atoms with Crippen LogP contribution >= 0.6 is 15.9 Å². The molecule has 0 aromatic carbocycles. The second kappa shape index (κ2) is 3.85. The molecule has 0 aliphatic rings. The van der Waals surface area contributed by atoms with Crippen LogP contribution in [0, 0.1) is 0 Å². The number of hydrogen-bond donors (Lipinski definition) is 1. The highest BCUT2D eigenvalue weighted by atomic mass is 79.9. The van der Waals surface area contributed by atoms with E-state index in [9.17, 15) is 4.79 Å². The number of pyridine rings is 2. The monoisotopic (exact) mass is 289 g/mol. The highest BCUT2D eigenvalue weighted by Crippen LogP contribution is 2.18. The van der Waals surface area contributed by atoms with E-state index in [0.29, 0.717) is 11.3 Å². The summed E-state index contributed by atoms with van der Waals surface area (Å²) in [5, 5.41) is 0. The van der Waals surface area contributed by atoms with Crippen molar-refractivity contribution in [2.45, 2.75) is 0 Å². The Morgan fingerprint density at radius 1 is 1.35 bits per heavy atom. The first-order valence-corrected chi connectivity index (χ1v) is 5.86. The zero-order chi connectivity index (χ0) is 11.8. The minimum Gasteiger partial charge on any atom is -0.327 e. The van der Waals surface area contributed by atoms with Crippen molar-refractivity contribution >= 4 is 21.6 Å². The SMILES string of the molecule is O=c1[nH]cc(Br)cc1-c1cn2ccccc2n1. The zero-order valence-electron chi connectivity index (χ0n) is 8.72. The van der Waals surface area contributed by atoms with Gasteiger partial charge in [0.1, 0.15) is 5.65 Å². The minimum atomic E-state index is -0.142. The summed E-state index contributed by atoms with van der Waals surface area (Å²) < 4.78 is 2.71. The third kappa shape index (κ3) is 1.78. The molecule has 0 atom stereocenters. The number of hydrogen-bond acceptors (Lipinski definition) is 2. The number of imidazole rings is 1. The molecule has 4 nitrogen and oxygen atoms in total. The molecule has 0 amide bonds. The van der Waals surface area contributed by atoms with Gasteiger partial charge >= 0.3 is 0 Å². The van der Waals surface area contributed by atoms with Crippen LogP contribution in [0.25, 0.3) is 16.9 Å². The summed E-state index contributed by atoms with van der Waals surface area (Å²) in [5.74, 6) is 0. The molecule has 0 aliphatic carbocycles. The summed E-state index contributed by atoms with van der Waals surface area (Å²) in [7, 11) is 0. The fraction of sp³-hybridized carbons (Fsp3) is 0. The van der Waals surface area contributed by atoms with Crippen molar-refractivity contribution in [3.05, 3.63) is 57.7 Å². The van der Waals surface area contributed by atoms with E-state index in [4.69, 9.17) is 0 Å². The summed E-state index contributed by atoms with van der Waals surface area (Å²) in [4.78, 5) is 18.8. The van der Waals surface area contributed by atoms with Gasteiger partial charge in [-0.1, -0.05) is 6.07 Å². The van der Waals surface area contributed by atoms with Crippen LogP contribution < -0.4 is 5.56 Å². The van der Waals surface area contributed by atoms with Crippen molar-refractivity contribution < 1.29 is 0 Å². The second-order valence-corrected chi connectivity index (χ2v) is 4.57. The molecule has 0 fully saturated rings. The Balaban J connectivity index is 2.27. The molecule has 0 saturated heterocycles. The van der Waals surface area contributed by atoms with Crippen LogP contribution in [0.2, 0.25) is 0 Å². The number of halogens is 1. The molecule has 0 aliphatic heterocycles. The Bertz CT molecular complexity index is 712. The van der Waals surface area contributed by atoms with E-state index >= 15 is 0 Å².